The molecule has 0 radical (unpaired) electrons. The first-order chi connectivity index (χ1) is 12.5. The monoisotopic (exact) mass is 353 g/mol. The summed E-state index contributed by atoms with van der Waals surface area (Å²) < 4.78 is 1.83. The molecule has 0 unspecified atom stereocenters. The molecule has 0 fully saturated rings. The van der Waals surface area contributed by atoms with Crippen LogP contribution in [-0.2, 0) is 11.3 Å². The maximum atomic E-state index is 11.3. The normalized spacial score (nSPS) is 15.6. The molecule has 1 aromatic heterocycles. The number of hydrazone groups is 1. The second kappa shape index (κ2) is 7.51. The van der Waals surface area contributed by atoms with E-state index in [4.69, 9.17) is 0 Å². The summed E-state index contributed by atoms with van der Waals surface area (Å²) in [7, 11) is 0. The Balaban J connectivity index is 2.06. The molecule has 1 aliphatic heterocycles. The third kappa shape index (κ3) is 3.37. The van der Waals surface area contributed by atoms with Crippen molar-refractivity contribution in [3.05, 3.63) is 29.3 Å². The standard InChI is InChI=1S/C19H23N5O2/c1-4-12(3)21-20-11-15-14-7-6-13(16-8-9-18(25)23-22-16)10-17(14)24(5-2)19(15)26/h6-7,10-11,26H,4-5,8-9H2,1-3H3,(H,23,25)/b20-11+,21-12+. The van der Waals surface area contributed by atoms with Crippen molar-refractivity contribution in [1.29, 1.82) is 0 Å². The molecule has 1 aromatic carbocycles. The highest BCUT2D eigenvalue weighted by molar-refractivity contribution is 6.09. The van der Waals surface area contributed by atoms with Gasteiger partial charge in [-0.2, -0.15) is 15.3 Å². The Labute approximate surface area is 152 Å². The molecular formula is C19H23N5O2. The Morgan fingerprint density at radius 2 is 2.19 bits per heavy atom. The fraction of sp³-hybridized carbons (Fsp3) is 0.368. The third-order valence-electron chi connectivity index (χ3n) is 4.56. The molecular weight excluding hydrogens is 330 g/mol. The van der Waals surface area contributed by atoms with Crippen LogP contribution in [-0.4, -0.2) is 33.2 Å². The maximum absolute atomic E-state index is 11.3. The Morgan fingerprint density at radius 1 is 1.38 bits per heavy atom. The van der Waals surface area contributed by atoms with Crippen molar-refractivity contribution in [3.63, 3.8) is 0 Å². The fourth-order valence-electron chi connectivity index (χ4n) is 2.93. The number of hydrogen-bond acceptors (Lipinski definition) is 5. The molecule has 0 aliphatic carbocycles. The van der Waals surface area contributed by atoms with Gasteiger partial charge in [-0.1, -0.05) is 19.1 Å². The molecule has 7 nitrogen and oxygen atoms in total. The largest absolute Gasteiger partial charge is 0.494 e. The maximum Gasteiger partial charge on any atom is 0.240 e. The van der Waals surface area contributed by atoms with Crippen LogP contribution >= 0.6 is 0 Å². The van der Waals surface area contributed by atoms with Gasteiger partial charge in [-0.15, -0.1) is 0 Å². The van der Waals surface area contributed by atoms with Crippen molar-refractivity contribution in [2.24, 2.45) is 15.3 Å². The van der Waals surface area contributed by atoms with Gasteiger partial charge >= 0.3 is 0 Å². The lowest BCUT2D eigenvalue weighted by Gasteiger charge is -2.12. The van der Waals surface area contributed by atoms with Crippen molar-refractivity contribution < 1.29 is 9.90 Å². The summed E-state index contributed by atoms with van der Waals surface area (Å²) in [5.74, 6) is 0.109. The van der Waals surface area contributed by atoms with Gasteiger partial charge in [0, 0.05) is 30.5 Å². The van der Waals surface area contributed by atoms with Crippen molar-refractivity contribution in [3.8, 4) is 5.88 Å². The van der Waals surface area contributed by atoms with Crippen LogP contribution in [0.4, 0.5) is 0 Å². The molecule has 1 amide bonds. The average Bonchev–Trinajstić information content (AvgIpc) is 2.92. The van der Waals surface area contributed by atoms with Crippen LogP contribution in [0.5, 0.6) is 5.88 Å². The van der Waals surface area contributed by atoms with E-state index in [-0.39, 0.29) is 11.8 Å². The van der Waals surface area contributed by atoms with E-state index in [1.807, 2.05) is 43.5 Å². The summed E-state index contributed by atoms with van der Waals surface area (Å²) in [5, 5.41) is 23.9. The van der Waals surface area contributed by atoms with Crippen LogP contribution in [0.2, 0.25) is 0 Å². The van der Waals surface area contributed by atoms with Gasteiger partial charge in [0.05, 0.1) is 23.0 Å². The van der Waals surface area contributed by atoms with E-state index in [1.54, 1.807) is 6.21 Å². The average molecular weight is 353 g/mol. The minimum atomic E-state index is -0.0640. The summed E-state index contributed by atoms with van der Waals surface area (Å²) in [6.45, 7) is 6.54. The number of aromatic hydroxyl groups is 1. The third-order valence-corrected chi connectivity index (χ3v) is 4.56. The molecule has 136 valence electrons. The van der Waals surface area contributed by atoms with E-state index in [1.165, 1.54) is 0 Å². The predicted octanol–water partition coefficient (Wildman–Crippen LogP) is 3.19. The number of aromatic nitrogens is 1. The number of rotatable bonds is 5. The van der Waals surface area contributed by atoms with Gasteiger partial charge in [-0.05, 0) is 31.9 Å². The molecule has 2 heterocycles. The van der Waals surface area contributed by atoms with E-state index >= 15 is 0 Å². The van der Waals surface area contributed by atoms with E-state index in [0.717, 1.165) is 34.3 Å². The zero-order chi connectivity index (χ0) is 18.7. The number of aryl methyl sites for hydroxylation is 1. The Bertz CT molecular complexity index is 937. The van der Waals surface area contributed by atoms with Gasteiger partial charge in [0.1, 0.15) is 0 Å². The van der Waals surface area contributed by atoms with Crippen LogP contribution in [0.15, 0.2) is 33.5 Å². The number of amides is 1. The topological polar surface area (TPSA) is 91.3 Å². The number of benzene rings is 1. The first-order valence-corrected chi connectivity index (χ1v) is 8.82. The predicted molar refractivity (Wildman–Crippen MR) is 104 cm³/mol. The van der Waals surface area contributed by atoms with Gasteiger partial charge in [-0.3, -0.25) is 4.79 Å². The van der Waals surface area contributed by atoms with Crippen molar-refractivity contribution >= 4 is 34.4 Å². The summed E-state index contributed by atoms with van der Waals surface area (Å²) in [6.07, 6.45) is 3.47. The lowest BCUT2D eigenvalue weighted by molar-refractivity contribution is -0.121. The second-order valence-corrected chi connectivity index (χ2v) is 6.24. The van der Waals surface area contributed by atoms with Gasteiger partial charge in [0.15, 0.2) is 0 Å². The smallest absolute Gasteiger partial charge is 0.240 e. The van der Waals surface area contributed by atoms with E-state index < -0.39 is 0 Å². The van der Waals surface area contributed by atoms with Gasteiger partial charge < -0.3 is 9.67 Å². The first-order valence-electron chi connectivity index (χ1n) is 8.82. The number of nitrogens with one attached hydrogen (secondary N) is 1. The summed E-state index contributed by atoms with van der Waals surface area (Å²) in [5.41, 5.74) is 6.79. The molecule has 26 heavy (non-hydrogen) atoms. The van der Waals surface area contributed by atoms with E-state index in [2.05, 4.69) is 20.7 Å². The first kappa shape index (κ1) is 17.8. The highest BCUT2D eigenvalue weighted by Gasteiger charge is 2.18. The van der Waals surface area contributed by atoms with Gasteiger partial charge in [0.25, 0.3) is 0 Å². The molecule has 0 spiro atoms. The van der Waals surface area contributed by atoms with Crippen LogP contribution in [0.3, 0.4) is 0 Å². The minimum absolute atomic E-state index is 0.0640. The SMILES string of the molecule is CC/C(C)=N/N=C/c1c(O)n(CC)c2cc(C3=NNC(=O)CC3)ccc12. The highest BCUT2D eigenvalue weighted by atomic mass is 16.3. The molecule has 0 saturated carbocycles. The molecule has 3 rings (SSSR count). The van der Waals surface area contributed by atoms with E-state index in [0.29, 0.717) is 24.9 Å². The molecule has 2 aromatic rings. The summed E-state index contributed by atoms with van der Waals surface area (Å²) in [6, 6.07) is 5.90. The van der Waals surface area contributed by atoms with Crippen LogP contribution in [0.1, 0.15) is 51.2 Å². The molecule has 0 saturated heterocycles. The minimum Gasteiger partial charge on any atom is -0.494 e. The molecule has 1 aliphatic rings. The Kier molecular flexibility index (Phi) is 5.16. The van der Waals surface area contributed by atoms with Crippen LogP contribution < -0.4 is 5.43 Å². The lowest BCUT2D eigenvalue weighted by Crippen LogP contribution is -2.25. The lowest BCUT2D eigenvalue weighted by atomic mass is 10.0. The second-order valence-electron chi connectivity index (χ2n) is 6.24. The van der Waals surface area contributed by atoms with Gasteiger partial charge in [0.2, 0.25) is 11.8 Å². The zero-order valence-electron chi connectivity index (χ0n) is 15.3. The highest BCUT2D eigenvalue weighted by Crippen LogP contribution is 2.31. The number of nitrogens with zero attached hydrogens (tertiary/aromatic N) is 4. The van der Waals surface area contributed by atoms with Crippen LogP contribution in [0.25, 0.3) is 10.9 Å². The molecule has 0 atom stereocenters. The number of carbonyl (C=O) groups excluding carboxylic acids is 1. The summed E-state index contributed by atoms with van der Waals surface area (Å²) >= 11 is 0. The van der Waals surface area contributed by atoms with Crippen molar-refractivity contribution in [2.45, 2.75) is 46.6 Å². The quantitative estimate of drug-likeness (QED) is 0.638. The number of carbonyl (C=O) groups is 1. The van der Waals surface area contributed by atoms with Crippen molar-refractivity contribution in [2.75, 3.05) is 0 Å². The fourth-order valence-corrected chi connectivity index (χ4v) is 2.93. The zero-order valence-corrected chi connectivity index (χ0v) is 15.3. The van der Waals surface area contributed by atoms with E-state index in [9.17, 15) is 9.90 Å². The summed E-state index contributed by atoms with van der Waals surface area (Å²) in [4.78, 5) is 11.3. The molecule has 0 bridgehead atoms. The Hall–Kier alpha value is -2.96. The van der Waals surface area contributed by atoms with Gasteiger partial charge in [-0.25, -0.2) is 5.43 Å². The Morgan fingerprint density at radius 3 is 2.85 bits per heavy atom. The van der Waals surface area contributed by atoms with Crippen LogP contribution in [0, 0.1) is 0 Å². The van der Waals surface area contributed by atoms with Crippen molar-refractivity contribution in [1.82, 2.24) is 9.99 Å². The number of fused-ring (bicyclic) bond motifs is 1. The molecule has 2 N–H and O–H groups in total. The number of hydrogen-bond donors (Lipinski definition) is 2. The molecule has 7 heteroatoms.